The molecule has 1 amide bonds. The molecule has 0 spiro atoms. The van der Waals surface area contributed by atoms with Gasteiger partial charge in [0.2, 0.25) is 5.91 Å². The van der Waals surface area contributed by atoms with Crippen molar-refractivity contribution in [1.82, 2.24) is 5.32 Å². The molecule has 2 aliphatic rings. The van der Waals surface area contributed by atoms with Gasteiger partial charge < -0.3 is 10.4 Å². The Labute approximate surface area is 134 Å². The van der Waals surface area contributed by atoms with E-state index in [-0.39, 0.29) is 29.6 Å². The third-order valence-electron chi connectivity index (χ3n) is 4.93. The second-order valence-electron chi connectivity index (χ2n) is 6.43. The van der Waals surface area contributed by atoms with Crippen molar-refractivity contribution in [3.8, 4) is 0 Å². The van der Waals surface area contributed by atoms with E-state index in [9.17, 15) is 14.3 Å². The normalized spacial score (nSPS) is 28.3. The molecule has 118 valence electrons. The van der Waals surface area contributed by atoms with Gasteiger partial charge in [-0.15, -0.1) is 0 Å². The van der Waals surface area contributed by atoms with Gasteiger partial charge in [-0.1, -0.05) is 42.5 Å². The van der Waals surface area contributed by atoms with Crippen molar-refractivity contribution in [1.29, 1.82) is 0 Å². The van der Waals surface area contributed by atoms with Crippen LogP contribution in [0.4, 0.5) is 4.39 Å². The summed E-state index contributed by atoms with van der Waals surface area (Å²) in [7, 11) is 0. The molecule has 2 aliphatic carbocycles. The average Bonchev–Trinajstić information content (AvgIpc) is 3.28. The molecule has 0 radical (unpaired) electrons. The first-order valence-corrected chi connectivity index (χ1v) is 7.96. The van der Waals surface area contributed by atoms with Gasteiger partial charge >= 0.3 is 0 Å². The van der Waals surface area contributed by atoms with E-state index in [2.05, 4.69) is 5.32 Å². The van der Waals surface area contributed by atoms with Gasteiger partial charge in [0.15, 0.2) is 0 Å². The number of fused-ring (bicyclic) bond motifs is 1. The quantitative estimate of drug-likeness (QED) is 0.915. The van der Waals surface area contributed by atoms with Crippen molar-refractivity contribution in [2.24, 2.45) is 5.92 Å². The van der Waals surface area contributed by atoms with Gasteiger partial charge in [-0.05, 0) is 35.1 Å². The summed E-state index contributed by atoms with van der Waals surface area (Å²) in [5.74, 6) is -0.602. The third kappa shape index (κ3) is 2.53. The molecule has 4 rings (SSSR count). The van der Waals surface area contributed by atoms with E-state index in [1.807, 2.05) is 24.3 Å². The Bertz CT molecular complexity index is 761. The summed E-state index contributed by atoms with van der Waals surface area (Å²) in [6.45, 7) is 0. The SMILES string of the molecule is O=C(NC1c2ccccc2CC1O)C1CC1c1ccccc1F. The van der Waals surface area contributed by atoms with Crippen LogP contribution in [0.1, 0.15) is 35.1 Å². The fraction of sp³-hybridized carbons (Fsp3) is 0.316. The van der Waals surface area contributed by atoms with E-state index in [1.165, 1.54) is 6.07 Å². The zero-order chi connectivity index (χ0) is 16.0. The summed E-state index contributed by atoms with van der Waals surface area (Å²) >= 11 is 0. The van der Waals surface area contributed by atoms with Gasteiger partial charge in [0.1, 0.15) is 5.82 Å². The van der Waals surface area contributed by atoms with E-state index in [0.717, 1.165) is 11.1 Å². The molecule has 0 saturated heterocycles. The van der Waals surface area contributed by atoms with Crippen LogP contribution in [0, 0.1) is 11.7 Å². The monoisotopic (exact) mass is 311 g/mol. The fourth-order valence-electron chi connectivity index (χ4n) is 3.61. The van der Waals surface area contributed by atoms with Crippen molar-refractivity contribution >= 4 is 5.91 Å². The molecular weight excluding hydrogens is 293 g/mol. The van der Waals surface area contributed by atoms with E-state index >= 15 is 0 Å². The van der Waals surface area contributed by atoms with E-state index in [1.54, 1.807) is 18.2 Å². The average molecular weight is 311 g/mol. The largest absolute Gasteiger partial charge is 0.390 e. The third-order valence-corrected chi connectivity index (χ3v) is 4.93. The molecule has 0 aliphatic heterocycles. The predicted octanol–water partition coefficient (Wildman–Crippen LogP) is 2.70. The maximum Gasteiger partial charge on any atom is 0.224 e. The Morgan fingerprint density at radius 3 is 2.57 bits per heavy atom. The lowest BCUT2D eigenvalue weighted by Crippen LogP contribution is -2.35. The molecule has 2 N–H and O–H groups in total. The number of aliphatic hydroxyl groups excluding tert-OH is 1. The Morgan fingerprint density at radius 2 is 1.78 bits per heavy atom. The highest BCUT2D eigenvalue weighted by atomic mass is 19.1. The number of benzene rings is 2. The predicted molar refractivity (Wildman–Crippen MR) is 84.3 cm³/mol. The van der Waals surface area contributed by atoms with Gasteiger partial charge in [-0.3, -0.25) is 4.79 Å². The van der Waals surface area contributed by atoms with Gasteiger partial charge in [0, 0.05) is 12.3 Å². The second-order valence-corrected chi connectivity index (χ2v) is 6.43. The minimum atomic E-state index is -0.595. The summed E-state index contributed by atoms with van der Waals surface area (Å²) in [6.07, 6.45) is 0.627. The number of nitrogens with one attached hydrogen (secondary N) is 1. The summed E-state index contributed by atoms with van der Waals surface area (Å²) in [5, 5.41) is 13.2. The van der Waals surface area contributed by atoms with Crippen molar-refractivity contribution in [3.05, 3.63) is 71.0 Å². The van der Waals surface area contributed by atoms with Crippen LogP contribution in [0.15, 0.2) is 48.5 Å². The number of hydrogen-bond donors (Lipinski definition) is 2. The summed E-state index contributed by atoms with van der Waals surface area (Å²) in [4.78, 5) is 12.5. The number of hydrogen-bond acceptors (Lipinski definition) is 2. The minimum absolute atomic E-state index is 0.0509. The summed E-state index contributed by atoms with van der Waals surface area (Å²) < 4.78 is 13.8. The van der Waals surface area contributed by atoms with Gasteiger partial charge in [0.25, 0.3) is 0 Å². The van der Waals surface area contributed by atoms with Crippen LogP contribution in [0.2, 0.25) is 0 Å². The van der Waals surface area contributed by atoms with Crippen LogP contribution in [-0.4, -0.2) is 17.1 Å². The highest BCUT2D eigenvalue weighted by molar-refractivity contribution is 5.83. The summed E-state index contributed by atoms with van der Waals surface area (Å²) in [5.41, 5.74) is 2.67. The highest BCUT2D eigenvalue weighted by Gasteiger charge is 2.46. The zero-order valence-corrected chi connectivity index (χ0v) is 12.6. The lowest BCUT2D eigenvalue weighted by molar-refractivity contribution is -0.123. The Kier molecular flexibility index (Phi) is 3.42. The number of halogens is 1. The first-order valence-electron chi connectivity index (χ1n) is 7.96. The molecule has 3 nitrogen and oxygen atoms in total. The molecule has 1 fully saturated rings. The molecule has 0 heterocycles. The maximum absolute atomic E-state index is 13.8. The van der Waals surface area contributed by atoms with Crippen LogP contribution in [0.3, 0.4) is 0 Å². The topological polar surface area (TPSA) is 49.3 Å². The number of carbonyl (C=O) groups is 1. The van der Waals surface area contributed by atoms with Crippen LogP contribution in [0.5, 0.6) is 0 Å². The molecule has 0 aromatic heterocycles. The van der Waals surface area contributed by atoms with Crippen molar-refractivity contribution < 1.29 is 14.3 Å². The maximum atomic E-state index is 13.8. The van der Waals surface area contributed by atoms with Crippen molar-refractivity contribution in [2.75, 3.05) is 0 Å². The van der Waals surface area contributed by atoms with Crippen LogP contribution < -0.4 is 5.32 Å². The molecule has 23 heavy (non-hydrogen) atoms. The zero-order valence-electron chi connectivity index (χ0n) is 12.6. The minimum Gasteiger partial charge on any atom is -0.390 e. The Morgan fingerprint density at radius 1 is 1.09 bits per heavy atom. The standard InChI is InChI=1S/C19H18FNO2/c20-16-8-4-3-7-13(16)14-10-15(14)19(23)21-18-12-6-2-1-5-11(12)9-17(18)22/h1-8,14-15,17-18,22H,9-10H2,(H,21,23). The lowest BCUT2D eigenvalue weighted by Gasteiger charge is -2.18. The van der Waals surface area contributed by atoms with Crippen LogP contribution >= 0.6 is 0 Å². The first-order chi connectivity index (χ1) is 11.1. The van der Waals surface area contributed by atoms with Gasteiger partial charge in [-0.2, -0.15) is 0 Å². The second kappa shape index (κ2) is 5.46. The van der Waals surface area contributed by atoms with Gasteiger partial charge in [-0.25, -0.2) is 4.39 Å². The summed E-state index contributed by atoms with van der Waals surface area (Å²) in [6, 6.07) is 14.0. The van der Waals surface area contributed by atoms with Crippen LogP contribution in [-0.2, 0) is 11.2 Å². The Hall–Kier alpha value is -2.20. The number of aliphatic hydroxyl groups is 1. The molecule has 2 aromatic carbocycles. The van der Waals surface area contributed by atoms with E-state index in [0.29, 0.717) is 18.4 Å². The number of amides is 1. The van der Waals surface area contributed by atoms with Crippen molar-refractivity contribution in [2.45, 2.75) is 30.9 Å². The molecule has 1 saturated carbocycles. The molecule has 2 aromatic rings. The molecule has 0 bridgehead atoms. The molecule has 4 atom stereocenters. The molecule has 4 heteroatoms. The first kappa shape index (κ1) is 14.4. The van der Waals surface area contributed by atoms with E-state index in [4.69, 9.17) is 0 Å². The van der Waals surface area contributed by atoms with Gasteiger partial charge in [0.05, 0.1) is 12.1 Å². The molecule has 4 unspecified atom stereocenters. The van der Waals surface area contributed by atoms with E-state index < -0.39 is 6.10 Å². The number of rotatable bonds is 3. The highest BCUT2D eigenvalue weighted by Crippen LogP contribution is 2.48. The smallest absolute Gasteiger partial charge is 0.224 e. The number of carbonyl (C=O) groups excluding carboxylic acids is 1. The lowest BCUT2D eigenvalue weighted by atomic mass is 10.1. The molecular formula is C19H18FNO2. The van der Waals surface area contributed by atoms with Crippen molar-refractivity contribution in [3.63, 3.8) is 0 Å². The Balaban J connectivity index is 1.47. The van der Waals surface area contributed by atoms with Crippen LogP contribution in [0.25, 0.3) is 0 Å². The fourth-order valence-corrected chi connectivity index (χ4v) is 3.61.